The van der Waals surface area contributed by atoms with Crippen LogP contribution in [0, 0.1) is 11.3 Å². The number of nitrogens with one attached hydrogen (secondary N) is 1. The van der Waals surface area contributed by atoms with Crippen LogP contribution in [0.3, 0.4) is 0 Å². The Morgan fingerprint density at radius 2 is 2.22 bits per heavy atom. The second-order valence-electron chi connectivity index (χ2n) is 5.41. The third-order valence-electron chi connectivity index (χ3n) is 3.63. The largest absolute Gasteiger partial charge is 0.486 e. The van der Waals surface area contributed by atoms with Crippen molar-refractivity contribution in [2.45, 2.75) is 38.3 Å². The topological polar surface area (TPSA) is 71.3 Å². The Morgan fingerprint density at radius 1 is 1.43 bits per heavy atom. The predicted octanol–water partition coefficient (Wildman–Crippen LogP) is 2.57. The fraction of sp³-hybridized carbons (Fsp3) is 0.444. The molecule has 1 amide bonds. The summed E-state index contributed by atoms with van der Waals surface area (Å²) >= 11 is 0. The Hall–Kier alpha value is -2.32. The number of amides is 1. The summed E-state index contributed by atoms with van der Waals surface area (Å²) in [6, 6.07) is 8.95. The lowest BCUT2D eigenvalue weighted by atomic mass is 10.1. The van der Waals surface area contributed by atoms with Crippen LogP contribution in [0.15, 0.2) is 36.4 Å². The second-order valence-corrected chi connectivity index (χ2v) is 5.41. The van der Waals surface area contributed by atoms with Crippen molar-refractivity contribution in [3.05, 3.63) is 42.0 Å². The van der Waals surface area contributed by atoms with Gasteiger partial charge in [-0.2, -0.15) is 5.26 Å². The van der Waals surface area contributed by atoms with Crippen LogP contribution in [0.5, 0.6) is 5.75 Å². The Morgan fingerprint density at radius 3 is 2.91 bits per heavy atom. The van der Waals surface area contributed by atoms with E-state index >= 15 is 0 Å². The van der Waals surface area contributed by atoms with Crippen molar-refractivity contribution in [3.63, 3.8) is 0 Å². The highest BCUT2D eigenvalue weighted by molar-refractivity contribution is 5.77. The first-order chi connectivity index (χ1) is 11.2. The predicted molar refractivity (Wildman–Crippen MR) is 87.0 cm³/mol. The van der Waals surface area contributed by atoms with Gasteiger partial charge in [0.25, 0.3) is 0 Å². The molecule has 2 atom stereocenters. The van der Waals surface area contributed by atoms with E-state index in [1.54, 1.807) is 24.3 Å². The molecule has 1 fully saturated rings. The molecule has 0 bridgehead atoms. The molecule has 1 saturated heterocycles. The SMILES string of the molecule is CCC=CCC(=O)N[C@@H]1CCOC[C@H]1Oc1ccc(C#N)cc1. The van der Waals surface area contributed by atoms with Crippen LogP contribution in [0.4, 0.5) is 0 Å². The molecule has 0 unspecified atom stereocenters. The van der Waals surface area contributed by atoms with Crippen LogP contribution < -0.4 is 10.1 Å². The van der Waals surface area contributed by atoms with Crippen molar-refractivity contribution < 1.29 is 14.3 Å². The average Bonchev–Trinajstić information content (AvgIpc) is 2.57. The number of nitriles is 1. The van der Waals surface area contributed by atoms with E-state index in [0.29, 0.717) is 30.9 Å². The van der Waals surface area contributed by atoms with Crippen molar-refractivity contribution in [2.75, 3.05) is 13.2 Å². The third-order valence-corrected chi connectivity index (χ3v) is 3.63. The van der Waals surface area contributed by atoms with Crippen LogP contribution >= 0.6 is 0 Å². The molecule has 0 radical (unpaired) electrons. The number of carbonyl (C=O) groups is 1. The van der Waals surface area contributed by atoms with Gasteiger partial charge in [0.2, 0.25) is 5.91 Å². The number of benzene rings is 1. The number of ether oxygens (including phenoxy) is 2. The summed E-state index contributed by atoms with van der Waals surface area (Å²) in [5.74, 6) is 0.666. The lowest BCUT2D eigenvalue weighted by molar-refractivity contribution is -0.123. The van der Waals surface area contributed by atoms with Crippen molar-refractivity contribution in [3.8, 4) is 11.8 Å². The maximum Gasteiger partial charge on any atom is 0.224 e. The van der Waals surface area contributed by atoms with Gasteiger partial charge in [0.15, 0.2) is 0 Å². The van der Waals surface area contributed by atoms with E-state index in [2.05, 4.69) is 11.4 Å². The van der Waals surface area contributed by atoms with Gasteiger partial charge in [-0.25, -0.2) is 0 Å². The maximum absolute atomic E-state index is 12.0. The number of nitrogens with zero attached hydrogens (tertiary/aromatic N) is 1. The highest BCUT2D eigenvalue weighted by Crippen LogP contribution is 2.18. The fourth-order valence-electron chi connectivity index (χ4n) is 2.40. The number of hydrogen-bond donors (Lipinski definition) is 1. The summed E-state index contributed by atoms with van der Waals surface area (Å²) in [5, 5.41) is 11.8. The summed E-state index contributed by atoms with van der Waals surface area (Å²) in [6.07, 6.45) is 5.67. The van der Waals surface area contributed by atoms with Gasteiger partial charge in [0.1, 0.15) is 11.9 Å². The maximum atomic E-state index is 12.0. The minimum absolute atomic E-state index is 0.00460. The van der Waals surface area contributed by atoms with E-state index in [9.17, 15) is 4.79 Å². The fourth-order valence-corrected chi connectivity index (χ4v) is 2.40. The highest BCUT2D eigenvalue weighted by atomic mass is 16.5. The molecule has 23 heavy (non-hydrogen) atoms. The van der Waals surface area contributed by atoms with Crippen molar-refractivity contribution in [2.24, 2.45) is 0 Å². The van der Waals surface area contributed by atoms with E-state index in [0.717, 1.165) is 12.8 Å². The van der Waals surface area contributed by atoms with Crippen LogP contribution in [0.2, 0.25) is 0 Å². The van der Waals surface area contributed by atoms with Gasteiger partial charge < -0.3 is 14.8 Å². The zero-order valence-corrected chi connectivity index (χ0v) is 13.3. The summed E-state index contributed by atoms with van der Waals surface area (Å²) in [7, 11) is 0. The molecule has 0 aliphatic carbocycles. The van der Waals surface area contributed by atoms with Gasteiger partial charge in [0.05, 0.1) is 24.3 Å². The van der Waals surface area contributed by atoms with Gasteiger partial charge in [0, 0.05) is 13.0 Å². The quantitative estimate of drug-likeness (QED) is 0.819. The van der Waals surface area contributed by atoms with Gasteiger partial charge in [-0.05, 0) is 37.1 Å². The Kier molecular flexibility index (Phi) is 6.64. The highest BCUT2D eigenvalue weighted by Gasteiger charge is 2.28. The standard InChI is InChI=1S/C18H22N2O3/c1-2-3-4-5-18(21)20-16-10-11-22-13-17(16)23-15-8-6-14(12-19)7-9-15/h3-4,6-9,16-17H,2,5,10-11,13H2,1H3,(H,20,21)/t16-,17-/m1/s1. The molecule has 1 aliphatic rings. The van der Waals surface area contributed by atoms with E-state index in [-0.39, 0.29) is 18.1 Å². The van der Waals surface area contributed by atoms with Gasteiger partial charge in [-0.15, -0.1) is 0 Å². The summed E-state index contributed by atoms with van der Waals surface area (Å²) in [4.78, 5) is 12.0. The molecular weight excluding hydrogens is 292 g/mol. The molecule has 1 aromatic rings. The van der Waals surface area contributed by atoms with Crippen molar-refractivity contribution >= 4 is 5.91 Å². The van der Waals surface area contributed by atoms with Crippen molar-refractivity contribution in [1.82, 2.24) is 5.32 Å². The van der Waals surface area contributed by atoms with Gasteiger partial charge >= 0.3 is 0 Å². The lowest BCUT2D eigenvalue weighted by Crippen LogP contribution is -2.51. The zero-order chi connectivity index (χ0) is 16.5. The molecule has 122 valence electrons. The first kappa shape index (κ1) is 17.0. The third kappa shape index (κ3) is 5.42. The molecule has 1 aromatic carbocycles. The Balaban J connectivity index is 1.93. The van der Waals surface area contributed by atoms with Crippen LogP contribution in [0.25, 0.3) is 0 Å². The molecule has 2 rings (SSSR count). The molecule has 0 aromatic heterocycles. The smallest absolute Gasteiger partial charge is 0.224 e. The number of allylic oxidation sites excluding steroid dienone is 1. The van der Waals surface area contributed by atoms with E-state index in [1.807, 2.05) is 19.1 Å². The van der Waals surface area contributed by atoms with Crippen LogP contribution in [0.1, 0.15) is 31.7 Å². The first-order valence-electron chi connectivity index (χ1n) is 7.92. The minimum atomic E-state index is -0.226. The molecule has 0 saturated carbocycles. The Labute approximate surface area is 136 Å². The van der Waals surface area contributed by atoms with E-state index in [1.165, 1.54) is 0 Å². The van der Waals surface area contributed by atoms with E-state index in [4.69, 9.17) is 14.7 Å². The minimum Gasteiger partial charge on any atom is -0.486 e. The molecule has 1 aliphatic heterocycles. The second kappa shape index (κ2) is 8.96. The van der Waals surface area contributed by atoms with Crippen LogP contribution in [-0.4, -0.2) is 31.3 Å². The molecule has 5 heteroatoms. The van der Waals surface area contributed by atoms with Gasteiger partial charge in [-0.1, -0.05) is 19.1 Å². The molecule has 0 spiro atoms. The van der Waals surface area contributed by atoms with Crippen LogP contribution in [-0.2, 0) is 9.53 Å². The summed E-state index contributed by atoms with van der Waals surface area (Å²) in [6.45, 7) is 3.09. The molecule has 1 heterocycles. The number of rotatable bonds is 6. The molecule has 5 nitrogen and oxygen atoms in total. The Bertz CT molecular complexity index is 575. The lowest BCUT2D eigenvalue weighted by Gasteiger charge is -2.32. The molecule has 1 N–H and O–H groups in total. The van der Waals surface area contributed by atoms with Gasteiger partial charge in [-0.3, -0.25) is 4.79 Å². The normalized spacial score (nSPS) is 20.9. The summed E-state index contributed by atoms with van der Waals surface area (Å²) < 4.78 is 11.4. The summed E-state index contributed by atoms with van der Waals surface area (Å²) in [5.41, 5.74) is 0.588. The first-order valence-corrected chi connectivity index (χ1v) is 7.92. The molecular formula is C18H22N2O3. The van der Waals surface area contributed by atoms with E-state index < -0.39 is 0 Å². The number of carbonyl (C=O) groups excluding carboxylic acids is 1. The zero-order valence-electron chi connectivity index (χ0n) is 13.3. The van der Waals surface area contributed by atoms with Crippen molar-refractivity contribution in [1.29, 1.82) is 5.26 Å². The number of hydrogen-bond acceptors (Lipinski definition) is 4. The monoisotopic (exact) mass is 314 g/mol. The average molecular weight is 314 g/mol.